The molecule has 0 fully saturated rings. The van der Waals surface area contributed by atoms with Crippen molar-refractivity contribution in [3.63, 3.8) is 0 Å². The summed E-state index contributed by atoms with van der Waals surface area (Å²) in [7, 11) is -1.63. The maximum Gasteiger partial charge on any atom is 0.250 e. The Morgan fingerprint density at radius 2 is 1.71 bits per heavy atom. The van der Waals surface area contributed by atoms with Gasteiger partial charge in [-0.1, -0.05) is 39.0 Å². The topological polar surface area (TPSA) is 33.0 Å². The van der Waals surface area contributed by atoms with Crippen molar-refractivity contribution in [1.82, 2.24) is 0 Å². The van der Waals surface area contributed by atoms with Gasteiger partial charge in [0.1, 0.15) is 5.75 Å². The molecule has 17 heavy (non-hydrogen) atoms. The fraction of sp³-hybridized carbons (Fsp3) is 0.500. The Hall–Kier alpha value is -1.27. The van der Waals surface area contributed by atoms with Gasteiger partial charge in [0.2, 0.25) is 8.32 Å². The van der Waals surface area contributed by atoms with Gasteiger partial charge in [0.05, 0.1) is 12.5 Å². The van der Waals surface area contributed by atoms with E-state index in [2.05, 4.69) is 26.8 Å². The quantitative estimate of drug-likeness (QED) is 0.708. The SMILES string of the molecule is CC[Si](CC)(CC)Oc1ccccc1CC#N. The first-order chi connectivity index (χ1) is 8.21. The Morgan fingerprint density at radius 3 is 2.24 bits per heavy atom. The maximum atomic E-state index is 8.82. The van der Waals surface area contributed by atoms with Gasteiger partial charge in [0, 0.05) is 5.56 Å². The van der Waals surface area contributed by atoms with Gasteiger partial charge in [-0.3, -0.25) is 0 Å². The molecule has 0 amide bonds. The minimum atomic E-state index is -1.63. The van der Waals surface area contributed by atoms with Gasteiger partial charge in [-0.2, -0.15) is 5.26 Å². The van der Waals surface area contributed by atoms with E-state index in [0.717, 1.165) is 29.4 Å². The van der Waals surface area contributed by atoms with Crippen molar-refractivity contribution < 1.29 is 4.43 Å². The van der Waals surface area contributed by atoms with Crippen LogP contribution in [0.15, 0.2) is 24.3 Å². The third kappa shape index (κ3) is 3.34. The molecular weight excluding hydrogens is 226 g/mol. The number of para-hydroxylation sites is 1. The molecule has 92 valence electrons. The summed E-state index contributed by atoms with van der Waals surface area (Å²) >= 11 is 0. The molecule has 0 unspecified atom stereocenters. The van der Waals surface area contributed by atoms with Crippen LogP contribution in [0.3, 0.4) is 0 Å². The number of nitrogens with zero attached hydrogens (tertiary/aromatic N) is 1. The van der Waals surface area contributed by atoms with Crippen molar-refractivity contribution in [3.8, 4) is 11.8 Å². The van der Waals surface area contributed by atoms with Crippen molar-refractivity contribution in [2.45, 2.75) is 45.3 Å². The molecule has 0 atom stereocenters. The molecule has 0 aromatic heterocycles. The van der Waals surface area contributed by atoms with Gasteiger partial charge >= 0.3 is 0 Å². The first-order valence-corrected chi connectivity index (χ1v) is 8.88. The van der Waals surface area contributed by atoms with Crippen LogP contribution in [0.25, 0.3) is 0 Å². The molecule has 1 rings (SSSR count). The summed E-state index contributed by atoms with van der Waals surface area (Å²) in [5.41, 5.74) is 1.02. The number of nitriles is 1. The first-order valence-electron chi connectivity index (χ1n) is 6.35. The second-order valence-corrected chi connectivity index (χ2v) is 8.98. The van der Waals surface area contributed by atoms with Gasteiger partial charge in [0.25, 0.3) is 0 Å². The smallest absolute Gasteiger partial charge is 0.250 e. The lowest BCUT2D eigenvalue weighted by atomic mass is 10.1. The highest BCUT2D eigenvalue weighted by molar-refractivity contribution is 6.74. The first kappa shape index (κ1) is 13.8. The zero-order valence-corrected chi connectivity index (χ0v) is 12.0. The molecule has 0 spiro atoms. The normalized spacial score (nSPS) is 10.9. The molecule has 0 saturated heterocycles. The zero-order chi connectivity index (χ0) is 12.7. The van der Waals surface area contributed by atoms with Crippen molar-refractivity contribution in [3.05, 3.63) is 29.8 Å². The standard InChI is InChI=1S/C14H21NOSi/c1-4-17(5-2,6-3)16-14-10-8-7-9-13(14)11-12-15/h7-10H,4-6,11H2,1-3H3. The molecule has 0 aliphatic carbocycles. The third-order valence-corrected chi connectivity index (χ3v) is 8.02. The zero-order valence-electron chi connectivity index (χ0n) is 11.0. The van der Waals surface area contributed by atoms with E-state index in [9.17, 15) is 0 Å². The number of hydrogen-bond donors (Lipinski definition) is 0. The van der Waals surface area contributed by atoms with E-state index in [1.165, 1.54) is 0 Å². The average molecular weight is 247 g/mol. The summed E-state index contributed by atoms with van der Waals surface area (Å²) in [6.45, 7) is 6.64. The van der Waals surface area contributed by atoms with Crippen LogP contribution in [0, 0.1) is 11.3 Å². The van der Waals surface area contributed by atoms with Gasteiger partial charge in [-0.05, 0) is 24.2 Å². The van der Waals surface area contributed by atoms with E-state index in [1.54, 1.807) is 0 Å². The van der Waals surface area contributed by atoms with Crippen molar-refractivity contribution in [2.24, 2.45) is 0 Å². The van der Waals surface area contributed by atoms with Crippen LogP contribution < -0.4 is 4.43 Å². The maximum absolute atomic E-state index is 8.82. The van der Waals surface area contributed by atoms with E-state index in [4.69, 9.17) is 9.69 Å². The van der Waals surface area contributed by atoms with Gasteiger partial charge in [0.15, 0.2) is 0 Å². The molecule has 1 aromatic rings. The van der Waals surface area contributed by atoms with Crippen LogP contribution in [0.2, 0.25) is 18.1 Å². The fourth-order valence-electron chi connectivity index (χ4n) is 2.03. The molecule has 0 heterocycles. The Labute approximate surface area is 105 Å². The van der Waals surface area contributed by atoms with Crippen LogP contribution in [0.1, 0.15) is 26.3 Å². The Bertz CT molecular complexity index is 385. The number of hydrogen-bond acceptors (Lipinski definition) is 2. The highest BCUT2D eigenvalue weighted by Crippen LogP contribution is 2.28. The summed E-state index contributed by atoms with van der Waals surface area (Å²) in [5, 5.41) is 8.82. The summed E-state index contributed by atoms with van der Waals surface area (Å²) < 4.78 is 6.32. The number of benzene rings is 1. The molecule has 0 aliphatic heterocycles. The van der Waals surface area contributed by atoms with Gasteiger partial charge < -0.3 is 4.43 Å². The molecule has 3 heteroatoms. The molecular formula is C14H21NOSi. The van der Waals surface area contributed by atoms with Crippen LogP contribution in [-0.4, -0.2) is 8.32 Å². The third-order valence-electron chi connectivity index (χ3n) is 3.50. The number of rotatable bonds is 6. The average Bonchev–Trinajstić information content (AvgIpc) is 2.38. The lowest BCUT2D eigenvalue weighted by molar-refractivity contribution is 0.526. The predicted molar refractivity (Wildman–Crippen MR) is 73.6 cm³/mol. The van der Waals surface area contributed by atoms with Gasteiger partial charge in [-0.25, -0.2) is 0 Å². The van der Waals surface area contributed by atoms with E-state index in [0.29, 0.717) is 6.42 Å². The van der Waals surface area contributed by atoms with E-state index >= 15 is 0 Å². The second kappa shape index (κ2) is 6.46. The van der Waals surface area contributed by atoms with Crippen molar-refractivity contribution in [2.75, 3.05) is 0 Å². The molecule has 0 N–H and O–H groups in total. The van der Waals surface area contributed by atoms with Crippen molar-refractivity contribution in [1.29, 1.82) is 5.26 Å². The minimum Gasteiger partial charge on any atom is -0.543 e. The van der Waals surface area contributed by atoms with Crippen molar-refractivity contribution >= 4 is 8.32 Å². The molecule has 0 aliphatic rings. The molecule has 1 aromatic carbocycles. The Morgan fingerprint density at radius 1 is 1.12 bits per heavy atom. The van der Waals surface area contributed by atoms with E-state index in [-0.39, 0.29) is 0 Å². The van der Waals surface area contributed by atoms with Crippen LogP contribution in [0.4, 0.5) is 0 Å². The van der Waals surface area contributed by atoms with Gasteiger partial charge in [-0.15, -0.1) is 0 Å². The largest absolute Gasteiger partial charge is 0.543 e. The molecule has 2 nitrogen and oxygen atoms in total. The Kier molecular flexibility index (Phi) is 5.24. The second-order valence-electron chi connectivity index (χ2n) is 4.29. The monoisotopic (exact) mass is 247 g/mol. The lowest BCUT2D eigenvalue weighted by Crippen LogP contribution is -2.39. The minimum absolute atomic E-state index is 0.428. The summed E-state index contributed by atoms with van der Waals surface area (Å²) in [5.74, 6) is 0.922. The Balaban J connectivity index is 2.97. The van der Waals surface area contributed by atoms with Crippen LogP contribution >= 0.6 is 0 Å². The van der Waals surface area contributed by atoms with E-state index in [1.807, 2.05) is 24.3 Å². The summed E-state index contributed by atoms with van der Waals surface area (Å²) in [6, 6.07) is 13.5. The lowest BCUT2D eigenvalue weighted by Gasteiger charge is -2.29. The highest BCUT2D eigenvalue weighted by Gasteiger charge is 2.31. The predicted octanol–water partition coefficient (Wildman–Crippen LogP) is 4.14. The molecule has 0 bridgehead atoms. The fourth-order valence-corrected chi connectivity index (χ4v) is 4.63. The summed E-state index contributed by atoms with van der Waals surface area (Å²) in [4.78, 5) is 0. The summed E-state index contributed by atoms with van der Waals surface area (Å²) in [6.07, 6.45) is 0.428. The van der Waals surface area contributed by atoms with Crippen LogP contribution in [0.5, 0.6) is 5.75 Å². The van der Waals surface area contributed by atoms with E-state index < -0.39 is 8.32 Å². The highest BCUT2D eigenvalue weighted by atomic mass is 28.4. The van der Waals surface area contributed by atoms with Crippen LogP contribution in [-0.2, 0) is 6.42 Å². The molecule has 0 saturated carbocycles. The molecule has 0 radical (unpaired) electrons.